The van der Waals surface area contributed by atoms with E-state index < -0.39 is 0 Å². The van der Waals surface area contributed by atoms with Crippen molar-refractivity contribution in [3.63, 3.8) is 0 Å². The lowest BCUT2D eigenvalue weighted by atomic mass is 10.00. The lowest BCUT2D eigenvalue weighted by molar-refractivity contribution is 0.322. The predicted molar refractivity (Wildman–Crippen MR) is 93.8 cm³/mol. The molecule has 4 rings (SSSR count). The lowest BCUT2D eigenvalue weighted by Gasteiger charge is -2.22. The molecule has 130 valence electrons. The summed E-state index contributed by atoms with van der Waals surface area (Å²) < 4.78 is 4.17. The number of hydrogen-bond acceptors (Lipinski definition) is 4. The quantitative estimate of drug-likeness (QED) is 0.937. The third kappa shape index (κ3) is 3.24. The Morgan fingerprint density at radius 3 is 2.71 bits per heavy atom. The van der Waals surface area contributed by atoms with Crippen molar-refractivity contribution in [2.45, 2.75) is 64.5 Å². The van der Waals surface area contributed by atoms with Gasteiger partial charge < -0.3 is 5.32 Å². The zero-order valence-electron chi connectivity index (χ0n) is 15.0. The Balaban J connectivity index is 1.55. The van der Waals surface area contributed by atoms with Gasteiger partial charge in [-0.25, -0.2) is 0 Å². The zero-order valence-corrected chi connectivity index (χ0v) is 15.0. The number of nitrogens with one attached hydrogen (secondary N) is 1. The molecular formula is C18H28N6. The molecule has 2 fully saturated rings. The highest BCUT2D eigenvalue weighted by Crippen LogP contribution is 2.42. The summed E-state index contributed by atoms with van der Waals surface area (Å²) >= 11 is 0. The molecular weight excluding hydrogens is 300 g/mol. The molecule has 6 nitrogen and oxygen atoms in total. The first-order valence-electron chi connectivity index (χ1n) is 9.22. The van der Waals surface area contributed by atoms with Crippen molar-refractivity contribution < 1.29 is 0 Å². The molecule has 2 aliphatic rings. The molecule has 24 heavy (non-hydrogen) atoms. The Kier molecular flexibility index (Phi) is 3.95. The van der Waals surface area contributed by atoms with Gasteiger partial charge in [-0.1, -0.05) is 5.21 Å². The maximum absolute atomic E-state index is 4.86. The molecule has 0 bridgehead atoms. The summed E-state index contributed by atoms with van der Waals surface area (Å²) in [7, 11) is 0. The average Bonchev–Trinajstić information content (AvgIpc) is 3.11. The highest BCUT2D eigenvalue weighted by Gasteiger charge is 2.32. The molecule has 2 aromatic heterocycles. The van der Waals surface area contributed by atoms with E-state index in [2.05, 4.69) is 53.3 Å². The summed E-state index contributed by atoms with van der Waals surface area (Å²) in [4.78, 5) is 0. The van der Waals surface area contributed by atoms with Crippen LogP contribution in [0.25, 0.3) is 11.4 Å². The highest BCUT2D eigenvalue weighted by molar-refractivity contribution is 5.53. The molecule has 1 N–H and O–H groups in total. The van der Waals surface area contributed by atoms with Crippen LogP contribution in [-0.2, 0) is 12.1 Å². The normalized spacial score (nSPS) is 22.0. The van der Waals surface area contributed by atoms with Crippen molar-refractivity contribution in [2.75, 3.05) is 13.1 Å². The topological polar surface area (TPSA) is 60.6 Å². The van der Waals surface area contributed by atoms with Crippen LogP contribution in [0.5, 0.6) is 0 Å². The predicted octanol–water partition coefficient (Wildman–Crippen LogP) is 2.77. The summed E-state index contributed by atoms with van der Waals surface area (Å²) in [6.07, 6.45) is 7.14. The van der Waals surface area contributed by atoms with E-state index in [4.69, 9.17) is 5.10 Å². The first-order valence-corrected chi connectivity index (χ1v) is 9.22. The van der Waals surface area contributed by atoms with E-state index in [0.29, 0.717) is 11.8 Å². The van der Waals surface area contributed by atoms with Crippen LogP contribution in [0.1, 0.15) is 58.1 Å². The summed E-state index contributed by atoms with van der Waals surface area (Å²) in [6.45, 7) is 9.80. The summed E-state index contributed by atoms with van der Waals surface area (Å²) in [5.74, 6) is 1.33. The molecule has 1 aliphatic heterocycles. The first-order chi connectivity index (χ1) is 11.5. The van der Waals surface area contributed by atoms with Gasteiger partial charge in [-0.3, -0.25) is 9.36 Å². The number of aromatic nitrogens is 5. The van der Waals surface area contributed by atoms with E-state index in [0.717, 1.165) is 31.0 Å². The fourth-order valence-corrected chi connectivity index (χ4v) is 3.58. The van der Waals surface area contributed by atoms with Gasteiger partial charge in [-0.2, -0.15) is 5.10 Å². The van der Waals surface area contributed by atoms with E-state index in [1.807, 2.05) is 4.68 Å². The van der Waals surface area contributed by atoms with Crippen LogP contribution in [0.3, 0.4) is 0 Å². The minimum absolute atomic E-state index is 0.0000651. The first kappa shape index (κ1) is 15.8. The molecule has 1 unspecified atom stereocenters. The van der Waals surface area contributed by atoms with Gasteiger partial charge in [0.2, 0.25) is 0 Å². The summed E-state index contributed by atoms with van der Waals surface area (Å²) in [5, 5.41) is 17.0. The molecule has 3 heterocycles. The Hall–Kier alpha value is -1.69. The van der Waals surface area contributed by atoms with Gasteiger partial charge in [0.15, 0.2) is 0 Å². The van der Waals surface area contributed by atoms with Crippen LogP contribution in [0.4, 0.5) is 0 Å². The second-order valence-corrected chi connectivity index (χ2v) is 8.35. The molecule has 0 amide bonds. The Morgan fingerprint density at radius 1 is 1.21 bits per heavy atom. The fourth-order valence-electron chi connectivity index (χ4n) is 3.58. The molecule has 1 atom stereocenters. The van der Waals surface area contributed by atoms with Crippen LogP contribution < -0.4 is 5.32 Å². The number of rotatable bonds is 4. The largest absolute Gasteiger partial charge is 0.316 e. The van der Waals surface area contributed by atoms with Crippen molar-refractivity contribution in [2.24, 2.45) is 5.92 Å². The van der Waals surface area contributed by atoms with E-state index in [1.165, 1.54) is 31.4 Å². The Morgan fingerprint density at radius 2 is 2.04 bits per heavy atom. The molecule has 0 aromatic carbocycles. The van der Waals surface area contributed by atoms with E-state index in [1.54, 1.807) is 0 Å². The minimum atomic E-state index is -0.0000651. The summed E-state index contributed by atoms with van der Waals surface area (Å²) in [6, 6.07) is 2.22. The SMILES string of the molecule is CC(C)(C)n1nc(-c2cn(CC3CCCNC3)nn2)cc1C1CC1. The van der Waals surface area contributed by atoms with Gasteiger partial charge in [0.1, 0.15) is 11.4 Å². The van der Waals surface area contributed by atoms with Crippen molar-refractivity contribution in [3.05, 3.63) is 18.0 Å². The van der Waals surface area contributed by atoms with Crippen LogP contribution in [0.2, 0.25) is 0 Å². The van der Waals surface area contributed by atoms with E-state index in [-0.39, 0.29) is 5.54 Å². The molecule has 6 heteroatoms. The third-order valence-electron chi connectivity index (χ3n) is 5.01. The lowest BCUT2D eigenvalue weighted by Crippen LogP contribution is -2.32. The maximum Gasteiger partial charge on any atom is 0.133 e. The average molecular weight is 328 g/mol. The van der Waals surface area contributed by atoms with Crippen LogP contribution in [-0.4, -0.2) is 37.9 Å². The number of nitrogens with zero attached hydrogens (tertiary/aromatic N) is 5. The van der Waals surface area contributed by atoms with Gasteiger partial charge >= 0.3 is 0 Å². The highest BCUT2D eigenvalue weighted by atomic mass is 15.4. The van der Waals surface area contributed by atoms with Gasteiger partial charge in [-0.15, -0.1) is 5.10 Å². The second kappa shape index (κ2) is 5.99. The monoisotopic (exact) mass is 328 g/mol. The van der Waals surface area contributed by atoms with Gasteiger partial charge in [0, 0.05) is 18.2 Å². The molecule has 1 aliphatic carbocycles. The minimum Gasteiger partial charge on any atom is -0.316 e. The second-order valence-electron chi connectivity index (χ2n) is 8.35. The van der Waals surface area contributed by atoms with Crippen molar-refractivity contribution >= 4 is 0 Å². The fraction of sp³-hybridized carbons (Fsp3) is 0.722. The molecule has 0 radical (unpaired) electrons. The molecule has 2 aromatic rings. The van der Waals surface area contributed by atoms with Gasteiger partial charge in [0.25, 0.3) is 0 Å². The van der Waals surface area contributed by atoms with Crippen LogP contribution in [0, 0.1) is 5.92 Å². The van der Waals surface area contributed by atoms with E-state index >= 15 is 0 Å². The number of hydrogen-bond donors (Lipinski definition) is 1. The van der Waals surface area contributed by atoms with Crippen molar-refractivity contribution in [1.29, 1.82) is 0 Å². The Labute approximate surface area is 143 Å². The molecule has 1 saturated heterocycles. The van der Waals surface area contributed by atoms with Gasteiger partial charge in [0.05, 0.1) is 11.7 Å². The molecule has 0 spiro atoms. The van der Waals surface area contributed by atoms with Crippen LogP contribution in [0.15, 0.2) is 12.3 Å². The molecule has 1 saturated carbocycles. The van der Waals surface area contributed by atoms with E-state index in [9.17, 15) is 0 Å². The van der Waals surface area contributed by atoms with Gasteiger partial charge in [-0.05, 0) is 71.5 Å². The maximum atomic E-state index is 4.86. The number of piperidine rings is 1. The summed E-state index contributed by atoms with van der Waals surface area (Å²) in [5.41, 5.74) is 3.20. The Bertz CT molecular complexity index is 697. The third-order valence-corrected chi connectivity index (χ3v) is 5.01. The zero-order chi connectivity index (χ0) is 16.7. The van der Waals surface area contributed by atoms with Crippen molar-refractivity contribution in [3.8, 4) is 11.4 Å². The van der Waals surface area contributed by atoms with Crippen molar-refractivity contribution in [1.82, 2.24) is 30.1 Å². The standard InChI is InChI=1S/C18H28N6/c1-18(2,3)24-17(14-6-7-14)9-15(21-24)16-12-23(22-20-16)11-13-5-4-8-19-10-13/h9,12-14,19H,4-8,10-11H2,1-3H3. The smallest absolute Gasteiger partial charge is 0.133 e. The van der Waals surface area contributed by atoms with Crippen LogP contribution >= 0.6 is 0 Å².